The lowest BCUT2D eigenvalue weighted by molar-refractivity contribution is 0.0175. The summed E-state index contributed by atoms with van der Waals surface area (Å²) >= 11 is 0. The minimum absolute atomic E-state index is 0.0794. The predicted molar refractivity (Wildman–Crippen MR) is 130 cm³/mol. The summed E-state index contributed by atoms with van der Waals surface area (Å²) in [6.45, 7) is 20.4. The van der Waals surface area contributed by atoms with Crippen LogP contribution >= 0.6 is 0 Å². The van der Waals surface area contributed by atoms with E-state index in [9.17, 15) is 0 Å². The van der Waals surface area contributed by atoms with Crippen molar-refractivity contribution in [1.82, 2.24) is 0 Å². The third-order valence-corrected chi connectivity index (χ3v) is 18.8. The van der Waals surface area contributed by atoms with Crippen LogP contribution in [0.4, 0.5) is 0 Å². The number of ether oxygens (including phenoxy) is 1. The predicted octanol–water partition coefficient (Wildman–Crippen LogP) is 6.66. The van der Waals surface area contributed by atoms with Crippen LogP contribution in [-0.4, -0.2) is 58.0 Å². The zero-order chi connectivity index (χ0) is 21.7. The number of hydrogen-bond acceptors (Lipinski definition) is 4. The molecule has 0 saturated heterocycles. The molecular weight excluding hydrogens is 400 g/mol. The van der Waals surface area contributed by atoms with Crippen LogP contribution < -0.4 is 0 Å². The van der Waals surface area contributed by atoms with E-state index in [1.54, 1.807) is 0 Å². The third-order valence-electron chi connectivity index (χ3n) is 6.78. The monoisotopic (exact) mass is 450 g/mol. The minimum atomic E-state index is -1.67. The van der Waals surface area contributed by atoms with E-state index in [1.807, 2.05) is 7.11 Å². The maximum atomic E-state index is 6.78. The average Bonchev–Trinajstić information content (AvgIpc) is 2.72. The van der Waals surface area contributed by atoms with Crippen molar-refractivity contribution in [2.75, 3.05) is 26.9 Å². The van der Waals surface area contributed by atoms with E-state index in [4.69, 9.17) is 18.0 Å². The zero-order valence-electron chi connectivity index (χ0n) is 20.5. The molecule has 0 aliphatic carbocycles. The van der Waals surface area contributed by atoms with Crippen LogP contribution in [0.2, 0.25) is 55.4 Å². The Kier molecular flexibility index (Phi) is 14.7. The van der Waals surface area contributed by atoms with Gasteiger partial charge in [0.2, 0.25) is 0 Å². The fraction of sp³-hybridized carbons (Fsp3) is 1.00. The largest absolute Gasteiger partial charge is 0.420 e. The van der Waals surface area contributed by atoms with Crippen molar-refractivity contribution in [2.45, 2.75) is 109 Å². The van der Waals surface area contributed by atoms with Gasteiger partial charge in [0.15, 0.2) is 25.0 Å². The van der Waals surface area contributed by atoms with Crippen molar-refractivity contribution < 1.29 is 18.0 Å². The maximum absolute atomic E-state index is 6.78. The molecule has 0 aromatic carbocycles. The van der Waals surface area contributed by atoms with Crippen LogP contribution in [0.1, 0.15) is 48.0 Å². The van der Waals surface area contributed by atoms with E-state index in [0.717, 1.165) is 19.1 Å². The van der Waals surface area contributed by atoms with E-state index in [0.29, 0.717) is 13.2 Å². The third kappa shape index (κ3) is 10.00. The van der Waals surface area contributed by atoms with Gasteiger partial charge < -0.3 is 18.0 Å². The molecule has 28 heavy (non-hydrogen) atoms. The lowest BCUT2D eigenvalue weighted by atomic mass is 10.4. The van der Waals surface area contributed by atoms with Crippen LogP contribution in [0.25, 0.3) is 0 Å². The molecule has 0 aromatic heterocycles. The summed E-state index contributed by atoms with van der Waals surface area (Å²) in [5.74, 6) is 0. The average molecular weight is 451 g/mol. The highest BCUT2D eigenvalue weighted by molar-refractivity contribution is 6.74. The van der Waals surface area contributed by atoms with Crippen molar-refractivity contribution in [3.05, 3.63) is 0 Å². The molecule has 1 atom stereocenters. The van der Waals surface area contributed by atoms with E-state index in [1.165, 1.54) is 36.3 Å². The molecule has 0 radical (unpaired) electrons. The van der Waals surface area contributed by atoms with Crippen molar-refractivity contribution in [3.8, 4) is 0 Å². The molecule has 0 spiro atoms. The Morgan fingerprint density at radius 2 is 1.21 bits per heavy atom. The summed E-state index contributed by atoms with van der Waals surface area (Å²) in [6.07, 6.45) is 1.14. The first-order chi connectivity index (χ1) is 13.2. The Balaban J connectivity index is 4.85. The first-order valence-corrected chi connectivity index (χ1v) is 19.8. The highest BCUT2D eigenvalue weighted by atomic mass is 28.4. The summed E-state index contributed by atoms with van der Waals surface area (Å²) in [4.78, 5) is 0. The quantitative estimate of drug-likeness (QED) is 0.173. The number of hydrogen-bond donors (Lipinski definition) is 0. The van der Waals surface area contributed by atoms with Gasteiger partial charge in [-0.05, 0) is 61.8 Å². The van der Waals surface area contributed by atoms with E-state index < -0.39 is 25.0 Å². The van der Waals surface area contributed by atoms with Gasteiger partial charge in [0.25, 0.3) is 0 Å². The molecule has 0 N–H and O–H groups in total. The second-order valence-electron chi connectivity index (χ2n) is 8.68. The molecule has 170 valence electrons. The van der Waals surface area contributed by atoms with Crippen molar-refractivity contribution in [1.29, 1.82) is 0 Å². The molecule has 0 aliphatic rings. The van der Waals surface area contributed by atoms with E-state index >= 15 is 0 Å². The van der Waals surface area contributed by atoms with Gasteiger partial charge >= 0.3 is 0 Å². The summed E-state index contributed by atoms with van der Waals surface area (Å²) in [5, 5.41) is 0. The molecule has 4 nitrogen and oxygen atoms in total. The smallest absolute Gasteiger partial charge is 0.192 e. The molecule has 0 aromatic rings. The highest BCUT2D eigenvalue weighted by Crippen LogP contribution is 2.26. The molecule has 1 unspecified atom stereocenters. The topological polar surface area (TPSA) is 36.9 Å². The van der Waals surface area contributed by atoms with Gasteiger partial charge in [0.1, 0.15) is 0 Å². The van der Waals surface area contributed by atoms with Gasteiger partial charge in [-0.25, -0.2) is 0 Å². The second-order valence-corrected chi connectivity index (χ2v) is 22.6. The fourth-order valence-corrected chi connectivity index (χ4v) is 10.4. The van der Waals surface area contributed by atoms with Gasteiger partial charge in [-0.15, -0.1) is 0 Å². The lowest BCUT2D eigenvalue weighted by Crippen LogP contribution is -2.46. The molecule has 0 heterocycles. The first kappa shape index (κ1) is 28.5. The van der Waals surface area contributed by atoms with Gasteiger partial charge in [0, 0.05) is 13.7 Å². The molecule has 0 rings (SSSR count). The van der Waals surface area contributed by atoms with Crippen LogP contribution in [0.3, 0.4) is 0 Å². The molecule has 0 bridgehead atoms. The Morgan fingerprint density at radius 3 is 1.64 bits per heavy atom. The lowest BCUT2D eigenvalue weighted by Gasteiger charge is -2.36. The van der Waals surface area contributed by atoms with Gasteiger partial charge in [-0.2, -0.15) is 0 Å². The molecule has 7 heteroatoms. The molecular formula is C21H50O4Si3. The van der Waals surface area contributed by atoms with Crippen LogP contribution in [-0.2, 0) is 18.0 Å². The molecule has 0 amide bonds. The fourth-order valence-electron chi connectivity index (χ4n) is 3.71. The Morgan fingerprint density at radius 1 is 0.714 bits per heavy atom. The summed E-state index contributed by atoms with van der Waals surface area (Å²) in [6, 6.07) is 8.19. The normalized spacial score (nSPS) is 14.5. The van der Waals surface area contributed by atoms with Crippen molar-refractivity contribution >= 4 is 25.0 Å². The van der Waals surface area contributed by atoms with Gasteiger partial charge in [-0.3, -0.25) is 0 Å². The Labute approximate surface area is 179 Å². The summed E-state index contributed by atoms with van der Waals surface area (Å²) < 4.78 is 25.1. The highest BCUT2D eigenvalue weighted by Gasteiger charge is 2.34. The Hall–Kier alpha value is 0.491. The molecule has 0 aliphatic heterocycles. The Bertz CT molecular complexity index is 369. The van der Waals surface area contributed by atoms with Crippen molar-refractivity contribution in [2.24, 2.45) is 0 Å². The van der Waals surface area contributed by atoms with Gasteiger partial charge in [0.05, 0.1) is 19.3 Å². The second kappa shape index (κ2) is 14.5. The summed E-state index contributed by atoms with van der Waals surface area (Å²) in [5.41, 5.74) is 0. The van der Waals surface area contributed by atoms with E-state index in [-0.39, 0.29) is 6.10 Å². The molecule has 0 fully saturated rings. The first-order valence-electron chi connectivity index (χ1n) is 11.7. The standard InChI is InChI=1S/C21H50O4Si3/c1-10-27(11-2,12-3)24-20-21(25-28(13-4,14-5)15-6)19-23-17-16-18-26(8,9)22-7/h21H,10-20H2,1-9H3. The zero-order valence-corrected chi connectivity index (χ0v) is 23.5. The van der Waals surface area contributed by atoms with Crippen LogP contribution in [0.5, 0.6) is 0 Å². The van der Waals surface area contributed by atoms with Gasteiger partial charge in [-0.1, -0.05) is 41.5 Å². The molecule has 0 saturated carbocycles. The van der Waals surface area contributed by atoms with E-state index in [2.05, 4.69) is 54.6 Å². The van der Waals surface area contributed by atoms with Crippen molar-refractivity contribution in [3.63, 3.8) is 0 Å². The minimum Gasteiger partial charge on any atom is -0.420 e. The summed E-state index contributed by atoms with van der Waals surface area (Å²) in [7, 11) is -2.92. The SMILES string of the molecule is CC[Si](CC)(CC)OCC(COCCC[Si](C)(C)OC)O[Si](CC)(CC)CC. The maximum Gasteiger partial charge on any atom is 0.192 e. The number of rotatable bonds is 18. The van der Waals surface area contributed by atoms with Crippen LogP contribution in [0, 0.1) is 0 Å². The van der Waals surface area contributed by atoms with Crippen LogP contribution in [0.15, 0.2) is 0 Å².